The number of benzene rings is 2. The van der Waals surface area contributed by atoms with Crippen molar-refractivity contribution < 1.29 is 13.2 Å². The molecule has 1 aromatic heterocycles. The van der Waals surface area contributed by atoms with Crippen LogP contribution in [0.15, 0.2) is 46.9 Å². The molecule has 0 spiro atoms. The van der Waals surface area contributed by atoms with Gasteiger partial charge in [0.1, 0.15) is 17.2 Å². The number of halogens is 2. The Morgan fingerprint density at radius 1 is 1.00 bits per heavy atom. The lowest BCUT2D eigenvalue weighted by atomic mass is 10.2. The molecule has 84 valence electrons. The van der Waals surface area contributed by atoms with Gasteiger partial charge in [0.2, 0.25) is 5.89 Å². The van der Waals surface area contributed by atoms with Gasteiger partial charge in [0.15, 0.2) is 5.58 Å². The summed E-state index contributed by atoms with van der Waals surface area (Å²) in [6.07, 6.45) is 0. The van der Waals surface area contributed by atoms with Gasteiger partial charge >= 0.3 is 0 Å². The summed E-state index contributed by atoms with van der Waals surface area (Å²) in [6.45, 7) is 0. The SMILES string of the molecule is Fc1ccc2oc(-c3ccccc3F)nc2c1. The lowest BCUT2D eigenvalue weighted by molar-refractivity contribution is 0.592. The second-order valence-electron chi connectivity index (χ2n) is 3.61. The van der Waals surface area contributed by atoms with Crippen molar-refractivity contribution in [3.63, 3.8) is 0 Å². The standard InChI is InChI=1S/C13H7F2NO/c14-8-5-6-12-11(7-8)16-13(17-12)9-3-1-2-4-10(9)15/h1-7H. The molecule has 0 amide bonds. The highest BCUT2D eigenvalue weighted by molar-refractivity contribution is 5.76. The summed E-state index contributed by atoms with van der Waals surface area (Å²) in [5.41, 5.74) is 1.08. The van der Waals surface area contributed by atoms with Crippen molar-refractivity contribution in [1.82, 2.24) is 4.98 Å². The highest BCUT2D eigenvalue weighted by atomic mass is 19.1. The smallest absolute Gasteiger partial charge is 0.230 e. The topological polar surface area (TPSA) is 26.0 Å². The fraction of sp³-hybridized carbons (Fsp3) is 0. The van der Waals surface area contributed by atoms with Gasteiger partial charge in [-0.3, -0.25) is 0 Å². The van der Waals surface area contributed by atoms with Gasteiger partial charge in [-0.05, 0) is 24.3 Å². The number of hydrogen-bond donors (Lipinski definition) is 0. The van der Waals surface area contributed by atoms with Crippen LogP contribution < -0.4 is 0 Å². The normalized spacial score (nSPS) is 10.9. The van der Waals surface area contributed by atoms with E-state index >= 15 is 0 Å². The van der Waals surface area contributed by atoms with Crippen molar-refractivity contribution >= 4 is 11.1 Å². The van der Waals surface area contributed by atoms with Crippen LogP contribution in [0.3, 0.4) is 0 Å². The Balaban J connectivity index is 2.22. The first-order valence-electron chi connectivity index (χ1n) is 5.05. The first kappa shape index (κ1) is 9.96. The first-order chi connectivity index (χ1) is 8.24. The second-order valence-corrected chi connectivity index (χ2v) is 3.61. The maximum atomic E-state index is 13.5. The summed E-state index contributed by atoms with van der Waals surface area (Å²) in [5.74, 6) is -0.658. The number of hydrogen-bond acceptors (Lipinski definition) is 2. The summed E-state index contributed by atoms with van der Waals surface area (Å²) in [5, 5.41) is 0. The molecule has 0 N–H and O–H groups in total. The average Bonchev–Trinajstić information content (AvgIpc) is 2.72. The molecule has 0 aliphatic heterocycles. The fourth-order valence-electron chi connectivity index (χ4n) is 1.65. The Hall–Kier alpha value is -2.23. The molecule has 0 aliphatic carbocycles. The van der Waals surface area contributed by atoms with Gasteiger partial charge < -0.3 is 4.42 Å². The first-order valence-corrected chi connectivity index (χ1v) is 5.05. The Labute approximate surface area is 95.5 Å². The monoisotopic (exact) mass is 231 g/mol. The third-order valence-electron chi connectivity index (χ3n) is 2.45. The predicted molar refractivity (Wildman–Crippen MR) is 59.4 cm³/mol. The molecule has 0 saturated carbocycles. The van der Waals surface area contributed by atoms with Crippen molar-refractivity contribution in [3.8, 4) is 11.5 Å². The zero-order chi connectivity index (χ0) is 11.8. The van der Waals surface area contributed by atoms with Crippen LogP contribution in [0.4, 0.5) is 8.78 Å². The second kappa shape index (κ2) is 3.66. The quantitative estimate of drug-likeness (QED) is 0.637. The molecule has 2 aromatic carbocycles. The van der Waals surface area contributed by atoms with Crippen LogP contribution in [0.2, 0.25) is 0 Å². The van der Waals surface area contributed by atoms with Crippen LogP contribution in [-0.2, 0) is 0 Å². The molecule has 4 heteroatoms. The van der Waals surface area contributed by atoms with E-state index in [1.807, 2.05) is 0 Å². The number of oxazole rings is 1. The van der Waals surface area contributed by atoms with Crippen molar-refractivity contribution in [3.05, 3.63) is 54.1 Å². The maximum absolute atomic E-state index is 13.5. The van der Waals surface area contributed by atoms with Crippen LogP contribution in [0.5, 0.6) is 0 Å². The van der Waals surface area contributed by atoms with E-state index in [4.69, 9.17) is 4.42 Å². The van der Waals surface area contributed by atoms with Gasteiger partial charge in [0, 0.05) is 6.07 Å². The largest absolute Gasteiger partial charge is 0.436 e. The molecule has 0 bridgehead atoms. The van der Waals surface area contributed by atoms with Crippen LogP contribution in [0.25, 0.3) is 22.6 Å². The molecule has 0 fully saturated rings. The molecule has 0 unspecified atom stereocenters. The fourth-order valence-corrected chi connectivity index (χ4v) is 1.65. The van der Waals surface area contributed by atoms with Crippen LogP contribution in [0, 0.1) is 11.6 Å². The van der Waals surface area contributed by atoms with Gasteiger partial charge in [0.25, 0.3) is 0 Å². The minimum Gasteiger partial charge on any atom is -0.436 e. The third-order valence-corrected chi connectivity index (χ3v) is 2.45. The molecule has 0 aliphatic rings. The summed E-state index contributed by atoms with van der Waals surface area (Å²) >= 11 is 0. The molecule has 0 radical (unpaired) electrons. The molecule has 3 aromatic rings. The van der Waals surface area contributed by atoms with Crippen molar-refractivity contribution in [2.75, 3.05) is 0 Å². The molecule has 0 saturated heterocycles. The van der Waals surface area contributed by atoms with E-state index in [1.54, 1.807) is 18.2 Å². The van der Waals surface area contributed by atoms with E-state index in [-0.39, 0.29) is 11.5 Å². The van der Waals surface area contributed by atoms with Crippen LogP contribution in [-0.4, -0.2) is 4.98 Å². The minimum atomic E-state index is -0.417. The van der Waals surface area contributed by atoms with E-state index in [1.165, 1.54) is 24.3 Å². The summed E-state index contributed by atoms with van der Waals surface area (Å²) < 4.78 is 31.9. The Morgan fingerprint density at radius 3 is 2.65 bits per heavy atom. The lowest BCUT2D eigenvalue weighted by Crippen LogP contribution is -1.82. The van der Waals surface area contributed by atoms with Crippen LogP contribution >= 0.6 is 0 Å². The molecular formula is C13H7F2NO. The third kappa shape index (κ3) is 1.67. The van der Waals surface area contributed by atoms with Crippen LogP contribution in [0.1, 0.15) is 0 Å². The molecule has 3 rings (SSSR count). The Kier molecular flexibility index (Phi) is 2.14. The van der Waals surface area contributed by atoms with E-state index in [2.05, 4.69) is 4.98 Å². The van der Waals surface area contributed by atoms with E-state index in [0.29, 0.717) is 11.1 Å². The molecule has 17 heavy (non-hydrogen) atoms. The summed E-state index contributed by atoms with van der Waals surface area (Å²) in [7, 11) is 0. The number of aromatic nitrogens is 1. The average molecular weight is 231 g/mol. The lowest BCUT2D eigenvalue weighted by Gasteiger charge is -1.95. The highest BCUT2D eigenvalue weighted by Gasteiger charge is 2.12. The Morgan fingerprint density at radius 2 is 1.82 bits per heavy atom. The van der Waals surface area contributed by atoms with E-state index in [9.17, 15) is 8.78 Å². The van der Waals surface area contributed by atoms with Gasteiger partial charge in [-0.1, -0.05) is 12.1 Å². The van der Waals surface area contributed by atoms with Gasteiger partial charge in [0.05, 0.1) is 5.56 Å². The Bertz CT molecular complexity index is 691. The van der Waals surface area contributed by atoms with Crippen molar-refractivity contribution in [2.45, 2.75) is 0 Å². The molecule has 1 heterocycles. The molecule has 2 nitrogen and oxygen atoms in total. The van der Waals surface area contributed by atoms with E-state index in [0.717, 1.165) is 0 Å². The van der Waals surface area contributed by atoms with E-state index < -0.39 is 11.6 Å². The number of nitrogens with zero attached hydrogens (tertiary/aromatic N) is 1. The maximum Gasteiger partial charge on any atom is 0.230 e. The van der Waals surface area contributed by atoms with Gasteiger partial charge in [-0.2, -0.15) is 0 Å². The van der Waals surface area contributed by atoms with Crippen molar-refractivity contribution in [1.29, 1.82) is 0 Å². The van der Waals surface area contributed by atoms with Gasteiger partial charge in [-0.15, -0.1) is 0 Å². The molecule has 0 atom stereocenters. The zero-order valence-electron chi connectivity index (χ0n) is 8.65. The van der Waals surface area contributed by atoms with Gasteiger partial charge in [-0.25, -0.2) is 13.8 Å². The van der Waals surface area contributed by atoms with Crippen molar-refractivity contribution in [2.24, 2.45) is 0 Å². The number of rotatable bonds is 1. The number of fused-ring (bicyclic) bond motifs is 1. The zero-order valence-corrected chi connectivity index (χ0v) is 8.65. The minimum absolute atomic E-state index is 0.156. The summed E-state index contributed by atoms with van der Waals surface area (Å²) in [4.78, 5) is 4.06. The molecular weight excluding hydrogens is 224 g/mol. The highest BCUT2D eigenvalue weighted by Crippen LogP contribution is 2.26. The summed E-state index contributed by atoms with van der Waals surface area (Å²) in [6, 6.07) is 10.2. The predicted octanol–water partition coefficient (Wildman–Crippen LogP) is 3.77.